The number of primary sulfonamides is 1. The third kappa shape index (κ3) is 3.96. The minimum Gasteiger partial charge on any atom is -0.257 e. The third-order valence-electron chi connectivity index (χ3n) is 4.70. The first kappa shape index (κ1) is 19.1. The van der Waals surface area contributed by atoms with Gasteiger partial charge in [0.25, 0.3) is 0 Å². The van der Waals surface area contributed by atoms with Crippen LogP contribution in [0.25, 0.3) is 0 Å². The summed E-state index contributed by atoms with van der Waals surface area (Å²) >= 11 is 2.29. The van der Waals surface area contributed by atoms with E-state index in [2.05, 4.69) is 59.0 Å². The van der Waals surface area contributed by atoms with Gasteiger partial charge in [0, 0.05) is 9.99 Å². The highest BCUT2D eigenvalue weighted by molar-refractivity contribution is 14.1. The van der Waals surface area contributed by atoms with Crippen LogP contribution in [-0.2, 0) is 10.0 Å². The average Bonchev–Trinajstić information content (AvgIpc) is 3.14. The van der Waals surface area contributed by atoms with Crippen molar-refractivity contribution in [2.45, 2.75) is 17.4 Å². The highest BCUT2D eigenvalue weighted by atomic mass is 127. The second-order valence-corrected chi connectivity index (χ2v) is 9.37. The fourth-order valence-electron chi connectivity index (χ4n) is 3.29. The van der Waals surface area contributed by atoms with E-state index in [9.17, 15) is 8.42 Å². The second kappa shape index (κ2) is 7.65. The van der Waals surface area contributed by atoms with Crippen LogP contribution in [0.5, 0.6) is 0 Å². The first-order chi connectivity index (χ1) is 13.4. The number of benzene rings is 3. The Morgan fingerprint density at radius 1 is 0.929 bits per heavy atom. The maximum atomic E-state index is 11.6. The fourth-order valence-corrected chi connectivity index (χ4v) is 4.16. The van der Waals surface area contributed by atoms with Gasteiger partial charge in [0.1, 0.15) is 0 Å². The molecular formula is C21H18IN3O2S. The van der Waals surface area contributed by atoms with Gasteiger partial charge in [-0.15, -0.1) is 0 Å². The number of nitrogens with two attached hydrogens (primary N) is 1. The first-order valence-corrected chi connectivity index (χ1v) is 11.3. The van der Waals surface area contributed by atoms with Crippen LogP contribution in [0.4, 0.5) is 5.69 Å². The number of nitrogens with zero attached hydrogens (tertiary/aromatic N) is 2. The molecule has 5 nitrogen and oxygen atoms in total. The van der Waals surface area contributed by atoms with E-state index in [1.165, 1.54) is 15.7 Å². The molecule has 28 heavy (non-hydrogen) atoms. The molecule has 0 aliphatic carbocycles. The molecule has 0 bridgehead atoms. The summed E-state index contributed by atoms with van der Waals surface area (Å²) in [6.45, 7) is 0. The number of rotatable bonds is 4. The van der Waals surface area contributed by atoms with E-state index < -0.39 is 10.0 Å². The molecule has 0 amide bonds. The molecule has 1 unspecified atom stereocenters. The van der Waals surface area contributed by atoms with Crippen molar-refractivity contribution in [1.29, 1.82) is 0 Å². The van der Waals surface area contributed by atoms with E-state index in [4.69, 9.17) is 10.2 Å². The normalized spacial score (nSPS) is 16.9. The van der Waals surface area contributed by atoms with Gasteiger partial charge in [0.2, 0.25) is 10.0 Å². The number of sulfonamides is 1. The molecule has 1 aliphatic rings. The molecular weight excluding hydrogens is 485 g/mol. The van der Waals surface area contributed by atoms with Crippen molar-refractivity contribution >= 4 is 44.0 Å². The van der Waals surface area contributed by atoms with E-state index in [-0.39, 0.29) is 10.9 Å². The minimum absolute atomic E-state index is 0.0378. The number of hydrazone groups is 1. The van der Waals surface area contributed by atoms with E-state index >= 15 is 0 Å². The molecule has 3 aromatic carbocycles. The molecule has 1 aliphatic heterocycles. The molecule has 0 radical (unpaired) electrons. The Morgan fingerprint density at radius 3 is 2.18 bits per heavy atom. The summed E-state index contributed by atoms with van der Waals surface area (Å²) in [7, 11) is -3.72. The Labute approximate surface area is 178 Å². The standard InChI is InChI=1S/C21H18IN3O2S/c22-17-8-6-15(7-9-17)20-14-21(16-4-2-1-3-5-16)25(24-20)18-10-12-19(13-11-18)28(23,26)27/h1-13,21H,14H2,(H2,23,26,27). The largest absolute Gasteiger partial charge is 0.257 e. The van der Waals surface area contributed by atoms with E-state index in [0.29, 0.717) is 0 Å². The molecule has 0 saturated heterocycles. The molecule has 2 N–H and O–H groups in total. The van der Waals surface area contributed by atoms with Crippen LogP contribution in [0.15, 0.2) is 88.9 Å². The summed E-state index contributed by atoms with van der Waals surface area (Å²) in [5.41, 5.74) is 4.06. The summed E-state index contributed by atoms with van der Waals surface area (Å²) in [4.78, 5) is 0.0912. The third-order valence-corrected chi connectivity index (χ3v) is 6.35. The molecule has 4 rings (SSSR count). The number of hydrogen-bond donors (Lipinski definition) is 1. The van der Waals surface area contributed by atoms with E-state index in [1.807, 2.05) is 23.2 Å². The summed E-state index contributed by atoms with van der Waals surface area (Å²) in [6, 6.07) is 25.1. The second-order valence-electron chi connectivity index (χ2n) is 6.57. The Hall–Kier alpha value is -2.23. The SMILES string of the molecule is NS(=O)(=O)c1ccc(N2N=C(c3ccc(I)cc3)CC2c2ccccc2)cc1. The molecule has 142 valence electrons. The highest BCUT2D eigenvalue weighted by Crippen LogP contribution is 2.36. The van der Waals surface area contributed by atoms with Crippen molar-refractivity contribution in [3.63, 3.8) is 0 Å². The molecule has 0 fully saturated rings. The van der Waals surface area contributed by atoms with Gasteiger partial charge < -0.3 is 0 Å². The van der Waals surface area contributed by atoms with E-state index in [0.717, 1.165) is 28.9 Å². The van der Waals surface area contributed by atoms with Crippen LogP contribution < -0.4 is 10.1 Å². The van der Waals surface area contributed by atoms with Crippen LogP contribution in [-0.4, -0.2) is 14.1 Å². The van der Waals surface area contributed by atoms with Crippen LogP contribution >= 0.6 is 22.6 Å². The van der Waals surface area contributed by atoms with Gasteiger partial charge in [0.15, 0.2) is 0 Å². The number of halogens is 1. The van der Waals surface area contributed by atoms with Crippen LogP contribution in [0.3, 0.4) is 0 Å². The predicted octanol–water partition coefficient (Wildman–Crippen LogP) is 4.29. The van der Waals surface area contributed by atoms with Gasteiger partial charge in [0.05, 0.1) is 22.3 Å². The lowest BCUT2D eigenvalue weighted by Crippen LogP contribution is -2.19. The minimum atomic E-state index is -3.72. The number of anilines is 1. The molecule has 1 atom stereocenters. The molecule has 0 aromatic heterocycles. The van der Waals surface area contributed by atoms with Crippen molar-refractivity contribution in [1.82, 2.24) is 0 Å². The van der Waals surface area contributed by atoms with Crippen molar-refractivity contribution < 1.29 is 8.42 Å². The maximum Gasteiger partial charge on any atom is 0.238 e. The van der Waals surface area contributed by atoms with Gasteiger partial charge in [-0.3, -0.25) is 5.01 Å². The quantitative estimate of drug-likeness (QED) is 0.540. The Balaban J connectivity index is 1.74. The van der Waals surface area contributed by atoms with Gasteiger partial charge in [-0.05, 0) is 70.1 Å². The van der Waals surface area contributed by atoms with Crippen molar-refractivity contribution in [3.05, 3.63) is 93.6 Å². The highest BCUT2D eigenvalue weighted by Gasteiger charge is 2.30. The monoisotopic (exact) mass is 503 g/mol. The average molecular weight is 503 g/mol. The zero-order chi connectivity index (χ0) is 19.7. The van der Waals surface area contributed by atoms with Crippen molar-refractivity contribution in [2.75, 3.05) is 5.01 Å². The summed E-state index contributed by atoms with van der Waals surface area (Å²) in [6.07, 6.45) is 0.765. The first-order valence-electron chi connectivity index (χ1n) is 8.72. The summed E-state index contributed by atoms with van der Waals surface area (Å²) in [5.74, 6) is 0. The van der Waals surface area contributed by atoms with E-state index in [1.54, 1.807) is 12.1 Å². The van der Waals surface area contributed by atoms with Gasteiger partial charge >= 0.3 is 0 Å². The van der Waals surface area contributed by atoms with Gasteiger partial charge in [-0.2, -0.15) is 5.10 Å². The van der Waals surface area contributed by atoms with Crippen LogP contribution in [0.2, 0.25) is 0 Å². The summed E-state index contributed by atoms with van der Waals surface area (Å²) in [5, 5.41) is 12.0. The molecule has 3 aromatic rings. The van der Waals surface area contributed by atoms with Crippen LogP contribution in [0, 0.1) is 3.57 Å². The topological polar surface area (TPSA) is 75.8 Å². The Bertz CT molecular complexity index is 1110. The molecule has 1 heterocycles. The zero-order valence-electron chi connectivity index (χ0n) is 14.9. The molecule has 0 spiro atoms. The predicted molar refractivity (Wildman–Crippen MR) is 120 cm³/mol. The Morgan fingerprint density at radius 2 is 1.57 bits per heavy atom. The molecule has 7 heteroatoms. The fraction of sp³-hybridized carbons (Fsp3) is 0.0952. The van der Waals surface area contributed by atoms with Crippen molar-refractivity contribution in [3.8, 4) is 0 Å². The lowest BCUT2D eigenvalue weighted by atomic mass is 9.98. The summed E-state index contributed by atoms with van der Waals surface area (Å²) < 4.78 is 24.3. The maximum absolute atomic E-state index is 11.6. The van der Waals surface area contributed by atoms with Crippen LogP contribution in [0.1, 0.15) is 23.6 Å². The zero-order valence-corrected chi connectivity index (χ0v) is 17.8. The smallest absolute Gasteiger partial charge is 0.238 e. The van der Waals surface area contributed by atoms with Crippen molar-refractivity contribution in [2.24, 2.45) is 10.2 Å². The van der Waals surface area contributed by atoms with Gasteiger partial charge in [-0.1, -0.05) is 42.5 Å². The Kier molecular flexibility index (Phi) is 5.22. The number of hydrogen-bond acceptors (Lipinski definition) is 4. The lowest BCUT2D eigenvalue weighted by molar-refractivity contribution is 0.597. The molecule has 0 saturated carbocycles. The lowest BCUT2D eigenvalue weighted by Gasteiger charge is -2.24. The van der Waals surface area contributed by atoms with Gasteiger partial charge in [-0.25, -0.2) is 13.6 Å².